The van der Waals surface area contributed by atoms with Gasteiger partial charge in [0.25, 0.3) is 0 Å². The summed E-state index contributed by atoms with van der Waals surface area (Å²) in [5.74, 6) is 0.826. The number of carbonyl (C=O) groups excluding carboxylic acids is 1. The van der Waals surface area contributed by atoms with Gasteiger partial charge < -0.3 is 15.4 Å². The fourth-order valence-corrected chi connectivity index (χ4v) is 2.45. The first-order valence-corrected chi connectivity index (χ1v) is 8.31. The summed E-state index contributed by atoms with van der Waals surface area (Å²) in [4.78, 5) is 12.1. The fourth-order valence-electron chi connectivity index (χ4n) is 2.45. The summed E-state index contributed by atoms with van der Waals surface area (Å²) in [6.45, 7) is 6.31. The molecule has 0 aliphatic rings. The van der Waals surface area contributed by atoms with E-state index < -0.39 is 0 Å². The molecule has 0 bridgehead atoms. The first-order chi connectivity index (χ1) is 10.6. The van der Waals surface area contributed by atoms with E-state index >= 15 is 0 Å². The summed E-state index contributed by atoms with van der Waals surface area (Å²) in [6.07, 6.45) is 5.46. The predicted octanol–water partition coefficient (Wildman–Crippen LogP) is 4.41. The van der Waals surface area contributed by atoms with Gasteiger partial charge in [-0.05, 0) is 37.5 Å². The molecule has 0 fully saturated rings. The van der Waals surface area contributed by atoms with E-state index in [0.29, 0.717) is 0 Å². The molecule has 2 amide bonds. The molecule has 0 saturated heterocycles. The van der Waals surface area contributed by atoms with Crippen molar-refractivity contribution in [2.75, 3.05) is 7.11 Å². The molecule has 124 valence electrons. The molecule has 4 heteroatoms. The molecule has 0 spiro atoms. The molecule has 2 unspecified atom stereocenters. The number of hydrogen-bond donors (Lipinski definition) is 2. The summed E-state index contributed by atoms with van der Waals surface area (Å²) in [6, 6.07) is 7.98. The molecule has 1 aromatic rings. The SMILES string of the molecule is CCCCCC(C)NC(=O)NC(CC)c1ccc(OC)cc1. The van der Waals surface area contributed by atoms with Crippen LogP contribution in [0, 0.1) is 0 Å². The van der Waals surface area contributed by atoms with Crippen LogP contribution in [-0.2, 0) is 0 Å². The van der Waals surface area contributed by atoms with Gasteiger partial charge in [-0.25, -0.2) is 4.79 Å². The summed E-state index contributed by atoms with van der Waals surface area (Å²) < 4.78 is 5.16. The van der Waals surface area contributed by atoms with Gasteiger partial charge >= 0.3 is 6.03 Å². The lowest BCUT2D eigenvalue weighted by atomic mass is 10.0. The van der Waals surface area contributed by atoms with E-state index in [-0.39, 0.29) is 18.1 Å². The normalized spacial score (nSPS) is 13.3. The third kappa shape index (κ3) is 6.37. The van der Waals surface area contributed by atoms with Crippen molar-refractivity contribution in [3.63, 3.8) is 0 Å². The standard InChI is InChI=1S/C18H30N2O2/c1-5-7-8-9-14(3)19-18(21)20-17(6-2)15-10-12-16(22-4)13-11-15/h10-14,17H,5-9H2,1-4H3,(H2,19,20,21). The van der Waals surface area contributed by atoms with Crippen molar-refractivity contribution >= 4 is 6.03 Å². The first-order valence-electron chi connectivity index (χ1n) is 8.31. The van der Waals surface area contributed by atoms with Crippen LogP contribution in [0.2, 0.25) is 0 Å². The maximum Gasteiger partial charge on any atom is 0.315 e. The molecule has 0 aliphatic carbocycles. The molecule has 0 heterocycles. The average Bonchev–Trinajstić information content (AvgIpc) is 2.53. The molecule has 2 atom stereocenters. The Hall–Kier alpha value is -1.71. The zero-order valence-electron chi connectivity index (χ0n) is 14.3. The molecular formula is C18H30N2O2. The topological polar surface area (TPSA) is 50.4 Å². The maximum absolute atomic E-state index is 12.1. The Morgan fingerprint density at radius 3 is 2.36 bits per heavy atom. The number of benzene rings is 1. The summed E-state index contributed by atoms with van der Waals surface area (Å²) in [7, 11) is 1.65. The van der Waals surface area contributed by atoms with Gasteiger partial charge in [0.15, 0.2) is 0 Å². The van der Waals surface area contributed by atoms with Crippen molar-refractivity contribution in [3.05, 3.63) is 29.8 Å². The second kappa shape index (κ2) is 10.1. The number of hydrogen-bond acceptors (Lipinski definition) is 2. The third-order valence-corrected chi connectivity index (χ3v) is 3.85. The molecule has 1 aromatic carbocycles. The minimum atomic E-state index is -0.0910. The van der Waals surface area contributed by atoms with Crippen LogP contribution < -0.4 is 15.4 Å². The highest BCUT2D eigenvalue weighted by molar-refractivity contribution is 5.74. The number of methoxy groups -OCH3 is 1. The largest absolute Gasteiger partial charge is 0.497 e. The van der Waals surface area contributed by atoms with Crippen molar-refractivity contribution in [1.29, 1.82) is 0 Å². The molecule has 0 aromatic heterocycles. The molecular weight excluding hydrogens is 276 g/mol. The summed E-state index contributed by atoms with van der Waals surface area (Å²) in [5.41, 5.74) is 1.09. The van der Waals surface area contributed by atoms with Gasteiger partial charge in [0.2, 0.25) is 0 Å². The second-order valence-corrected chi connectivity index (χ2v) is 5.75. The van der Waals surface area contributed by atoms with E-state index in [0.717, 1.165) is 30.6 Å². The molecule has 1 rings (SSSR count). The first kappa shape index (κ1) is 18.3. The number of unbranched alkanes of at least 4 members (excludes halogenated alkanes) is 2. The van der Waals surface area contributed by atoms with Crippen molar-refractivity contribution in [1.82, 2.24) is 10.6 Å². The van der Waals surface area contributed by atoms with Crippen molar-refractivity contribution in [3.8, 4) is 5.75 Å². The minimum Gasteiger partial charge on any atom is -0.497 e. The zero-order chi connectivity index (χ0) is 16.4. The number of nitrogens with one attached hydrogen (secondary N) is 2. The number of ether oxygens (including phenoxy) is 1. The Morgan fingerprint density at radius 1 is 1.14 bits per heavy atom. The van der Waals surface area contributed by atoms with Crippen molar-refractivity contribution in [2.24, 2.45) is 0 Å². The monoisotopic (exact) mass is 306 g/mol. The van der Waals surface area contributed by atoms with Crippen LogP contribution in [0.5, 0.6) is 5.75 Å². The predicted molar refractivity (Wildman–Crippen MR) is 91.3 cm³/mol. The third-order valence-electron chi connectivity index (χ3n) is 3.85. The van der Waals surface area contributed by atoms with E-state index in [9.17, 15) is 4.79 Å². The number of amides is 2. The van der Waals surface area contributed by atoms with E-state index in [2.05, 4.69) is 31.4 Å². The highest BCUT2D eigenvalue weighted by Gasteiger charge is 2.14. The van der Waals surface area contributed by atoms with E-state index in [1.165, 1.54) is 12.8 Å². The highest BCUT2D eigenvalue weighted by Crippen LogP contribution is 2.20. The Morgan fingerprint density at radius 2 is 1.82 bits per heavy atom. The van der Waals surface area contributed by atoms with Gasteiger partial charge in [-0.2, -0.15) is 0 Å². The van der Waals surface area contributed by atoms with Crippen LogP contribution in [0.4, 0.5) is 4.79 Å². The van der Waals surface area contributed by atoms with E-state index in [1.54, 1.807) is 7.11 Å². The number of urea groups is 1. The lowest BCUT2D eigenvalue weighted by Crippen LogP contribution is -2.42. The van der Waals surface area contributed by atoms with E-state index in [4.69, 9.17) is 4.74 Å². The smallest absolute Gasteiger partial charge is 0.315 e. The average molecular weight is 306 g/mol. The Kier molecular flexibility index (Phi) is 8.41. The Bertz CT molecular complexity index is 431. The van der Waals surface area contributed by atoms with Crippen LogP contribution in [0.1, 0.15) is 64.5 Å². The van der Waals surface area contributed by atoms with Crippen molar-refractivity contribution in [2.45, 2.75) is 65.0 Å². The second-order valence-electron chi connectivity index (χ2n) is 5.75. The van der Waals surface area contributed by atoms with Gasteiger partial charge in [-0.15, -0.1) is 0 Å². The maximum atomic E-state index is 12.1. The molecule has 0 radical (unpaired) electrons. The van der Waals surface area contributed by atoms with Gasteiger partial charge in [0.1, 0.15) is 5.75 Å². The molecule has 4 nitrogen and oxygen atoms in total. The number of rotatable bonds is 9. The van der Waals surface area contributed by atoms with Gasteiger partial charge in [-0.3, -0.25) is 0 Å². The van der Waals surface area contributed by atoms with Crippen molar-refractivity contribution < 1.29 is 9.53 Å². The molecule has 0 aliphatic heterocycles. The van der Waals surface area contributed by atoms with Crippen LogP contribution in [0.3, 0.4) is 0 Å². The lowest BCUT2D eigenvalue weighted by Gasteiger charge is -2.20. The zero-order valence-corrected chi connectivity index (χ0v) is 14.3. The van der Waals surface area contributed by atoms with Crippen LogP contribution in [0.15, 0.2) is 24.3 Å². The fraction of sp³-hybridized carbons (Fsp3) is 0.611. The van der Waals surface area contributed by atoms with E-state index in [1.807, 2.05) is 24.3 Å². The summed E-state index contributed by atoms with van der Waals surface area (Å²) >= 11 is 0. The Balaban J connectivity index is 2.48. The Labute approximate surface area is 134 Å². The molecule has 22 heavy (non-hydrogen) atoms. The van der Waals surface area contributed by atoms with Crippen LogP contribution >= 0.6 is 0 Å². The minimum absolute atomic E-state index is 0.0220. The van der Waals surface area contributed by atoms with Gasteiger partial charge in [0, 0.05) is 6.04 Å². The van der Waals surface area contributed by atoms with Gasteiger partial charge in [0.05, 0.1) is 13.2 Å². The molecule has 0 saturated carbocycles. The quantitative estimate of drug-likeness (QED) is 0.664. The van der Waals surface area contributed by atoms with Gasteiger partial charge in [-0.1, -0.05) is 45.2 Å². The summed E-state index contributed by atoms with van der Waals surface area (Å²) in [5, 5.41) is 6.07. The van der Waals surface area contributed by atoms with Crippen LogP contribution in [-0.4, -0.2) is 19.2 Å². The van der Waals surface area contributed by atoms with Crippen LogP contribution in [0.25, 0.3) is 0 Å². The highest BCUT2D eigenvalue weighted by atomic mass is 16.5. The lowest BCUT2D eigenvalue weighted by molar-refractivity contribution is 0.232. The number of carbonyl (C=O) groups is 1. The molecule has 2 N–H and O–H groups in total.